The molecule has 2 aromatic rings. The Morgan fingerprint density at radius 2 is 2.00 bits per heavy atom. The summed E-state index contributed by atoms with van der Waals surface area (Å²) >= 11 is 0. The summed E-state index contributed by atoms with van der Waals surface area (Å²) in [6.45, 7) is 0. The van der Waals surface area contributed by atoms with E-state index in [2.05, 4.69) is 4.98 Å². The Balaban J connectivity index is 2.37. The molecule has 0 amide bonds. The van der Waals surface area contributed by atoms with Gasteiger partial charge in [0, 0.05) is 23.5 Å². The first kappa shape index (κ1) is 9.52. The lowest BCUT2D eigenvalue weighted by Crippen LogP contribution is -1.88. The van der Waals surface area contributed by atoms with Gasteiger partial charge in [-0.15, -0.1) is 0 Å². The minimum absolute atomic E-state index is 0.614. The van der Waals surface area contributed by atoms with E-state index in [4.69, 9.17) is 10.5 Å². The Morgan fingerprint density at radius 3 is 2.60 bits per heavy atom. The molecule has 0 bridgehead atoms. The van der Waals surface area contributed by atoms with Gasteiger partial charge in [-0.2, -0.15) is 0 Å². The lowest BCUT2D eigenvalue weighted by atomic mass is 10.1. The lowest BCUT2D eigenvalue weighted by molar-refractivity contribution is 0.398. The average Bonchev–Trinajstić information content (AvgIpc) is 2.29. The molecule has 0 saturated heterocycles. The van der Waals surface area contributed by atoms with Crippen molar-refractivity contribution in [2.24, 2.45) is 0 Å². The largest absolute Gasteiger partial charge is 0.481 e. The van der Waals surface area contributed by atoms with Crippen molar-refractivity contribution in [2.45, 2.75) is 0 Å². The maximum absolute atomic E-state index is 5.71. The second-order valence-corrected chi connectivity index (χ2v) is 3.21. The van der Waals surface area contributed by atoms with Crippen LogP contribution in [-0.2, 0) is 0 Å². The Bertz CT molecular complexity index is 451. The number of nitrogen functional groups attached to an aromatic ring is 1. The van der Waals surface area contributed by atoms with Gasteiger partial charge in [0.05, 0.1) is 7.11 Å². The molecule has 15 heavy (non-hydrogen) atoms. The molecule has 0 unspecified atom stereocenters. The summed E-state index contributed by atoms with van der Waals surface area (Å²) in [6.07, 6.45) is 1.77. The van der Waals surface area contributed by atoms with Crippen LogP contribution in [0.25, 0.3) is 11.1 Å². The predicted octanol–water partition coefficient (Wildman–Crippen LogP) is 2.34. The fourth-order valence-corrected chi connectivity index (χ4v) is 1.39. The number of benzene rings is 1. The molecule has 2 N–H and O–H groups in total. The third-order valence-corrected chi connectivity index (χ3v) is 2.17. The maximum atomic E-state index is 5.71. The molecule has 0 fully saturated rings. The second kappa shape index (κ2) is 4.00. The topological polar surface area (TPSA) is 48.1 Å². The molecular weight excluding hydrogens is 188 g/mol. The standard InChI is InChI=1S/C12H12N2O/c1-15-12-6-5-10(8-14-12)9-3-2-4-11(13)7-9/h2-8H,13H2,1H3. The Labute approximate surface area is 88.5 Å². The first-order valence-corrected chi connectivity index (χ1v) is 4.65. The molecule has 0 aliphatic carbocycles. The highest BCUT2D eigenvalue weighted by atomic mass is 16.5. The highest BCUT2D eigenvalue weighted by Crippen LogP contribution is 2.21. The molecule has 0 spiro atoms. The Hall–Kier alpha value is -2.03. The molecule has 0 aliphatic heterocycles. The molecule has 3 heteroatoms. The van der Waals surface area contributed by atoms with Gasteiger partial charge in [0.1, 0.15) is 0 Å². The number of hydrogen-bond donors (Lipinski definition) is 1. The number of hydrogen-bond acceptors (Lipinski definition) is 3. The van der Waals surface area contributed by atoms with Crippen molar-refractivity contribution >= 4 is 5.69 Å². The van der Waals surface area contributed by atoms with Crippen LogP contribution >= 0.6 is 0 Å². The predicted molar refractivity (Wildman–Crippen MR) is 60.6 cm³/mol. The second-order valence-electron chi connectivity index (χ2n) is 3.21. The number of anilines is 1. The van der Waals surface area contributed by atoms with E-state index in [-0.39, 0.29) is 0 Å². The minimum Gasteiger partial charge on any atom is -0.481 e. The van der Waals surface area contributed by atoms with Crippen LogP contribution in [0.15, 0.2) is 42.6 Å². The summed E-state index contributed by atoms with van der Waals surface area (Å²) < 4.78 is 4.99. The zero-order chi connectivity index (χ0) is 10.7. The number of methoxy groups -OCH3 is 1. The van der Waals surface area contributed by atoms with Crippen LogP contribution in [0, 0.1) is 0 Å². The van der Waals surface area contributed by atoms with Gasteiger partial charge >= 0.3 is 0 Å². The van der Waals surface area contributed by atoms with Gasteiger partial charge in [0.2, 0.25) is 5.88 Å². The molecule has 0 saturated carbocycles. The fourth-order valence-electron chi connectivity index (χ4n) is 1.39. The van der Waals surface area contributed by atoms with Gasteiger partial charge in [-0.25, -0.2) is 4.98 Å². The van der Waals surface area contributed by atoms with Gasteiger partial charge in [0.25, 0.3) is 0 Å². The number of nitrogens with zero attached hydrogens (tertiary/aromatic N) is 1. The van der Waals surface area contributed by atoms with Gasteiger partial charge in [-0.1, -0.05) is 12.1 Å². The third kappa shape index (κ3) is 2.07. The van der Waals surface area contributed by atoms with Crippen LogP contribution in [0.5, 0.6) is 5.88 Å². The first-order valence-electron chi connectivity index (χ1n) is 4.65. The van der Waals surface area contributed by atoms with Gasteiger partial charge < -0.3 is 10.5 Å². The van der Waals surface area contributed by atoms with E-state index < -0.39 is 0 Å². The number of aromatic nitrogens is 1. The van der Waals surface area contributed by atoms with E-state index >= 15 is 0 Å². The summed E-state index contributed by atoms with van der Waals surface area (Å²) in [7, 11) is 1.60. The molecular formula is C12H12N2O. The smallest absolute Gasteiger partial charge is 0.212 e. The number of nitrogens with two attached hydrogens (primary N) is 1. The fraction of sp³-hybridized carbons (Fsp3) is 0.0833. The molecule has 0 aliphatic rings. The number of rotatable bonds is 2. The van der Waals surface area contributed by atoms with Crippen molar-refractivity contribution in [3.63, 3.8) is 0 Å². The monoisotopic (exact) mass is 200 g/mol. The molecule has 3 nitrogen and oxygen atoms in total. The molecule has 1 heterocycles. The van der Waals surface area contributed by atoms with E-state index in [9.17, 15) is 0 Å². The van der Waals surface area contributed by atoms with Crippen LogP contribution in [0.2, 0.25) is 0 Å². The summed E-state index contributed by atoms with van der Waals surface area (Å²) in [6, 6.07) is 11.5. The van der Waals surface area contributed by atoms with Crippen LogP contribution in [0.1, 0.15) is 0 Å². The third-order valence-electron chi connectivity index (χ3n) is 2.17. The minimum atomic E-state index is 0.614. The van der Waals surface area contributed by atoms with Gasteiger partial charge in [0.15, 0.2) is 0 Å². The van der Waals surface area contributed by atoms with Crippen molar-refractivity contribution in [3.8, 4) is 17.0 Å². The molecule has 2 rings (SSSR count). The molecule has 0 radical (unpaired) electrons. The summed E-state index contributed by atoms with van der Waals surface area (Å²) in [5.41, 5.74) is 8.55. The SMILES string of the molecule is COc1ccc(-c2cccc(N)c2)cn1. The van der Waals surface area contributed by atoms with Crippen LogP contribution in [-0.4, -0.2) is 12.1 Å². The van der Waals surface area contributed by atoms with E-state index in [0.29, 0.717) is 5.88 Å². The Morgan fingerprint density at radius 1 is 1.13 bits per heavy atom. The highest BCUT2D eigenvalue weighted by molar-refractivity contribution is 5.66. The summed E-state index contributed by atoms with van der Waals surface area (Å²) in [5, 5.41) is 0. The van der Waals surface area contributed by atoms with Crippen LogP contribution in [0.3, 0.4) is 0 Å². The first-order chi connectivity index (χ1) is 7.29. The van der Waals surface area contributed by atoms with E-state index in [0.717, 1.165) is 16.8 Å². The molecule has 0 atom stereocenters. The molecule has 1 aromatic carbocycles. The van der Waals surface area contributed by atoms with Gasteiger partial charge in [-0.05, 0) is 23.8 Å². The molecule has 1 aromatic heterocycles. The van der Waals surface area contributed by atoms with E-state index in [1.165, 1.54) is 0 Å². The van der Waals surface area contributed by atoms with Crippen molar-refractivity contribution in [1.29, 1.82) is 0 Å². The Kier molecular flexibility index (Phi) is 2.54. The van der Waals surface area contributed by atoms with Crippen LogP contribution in [0.4, 0.5) is 5.69 Å². The van der Waals surface area contributed by atoms with Gasteiger partial charge in [-0.3, -0.25) is 0 Å². The maximum Gasteiger partial charge on any atom is 0.212 e. The van der Waals surface area contributed by atoms with Crippen molar-refractivity contribution < 1.29 is 4.74 Å². The lowest BCUT2D eigenvalue weighted by Gasteiger charge is -2.03. The quantitative estimate of drug-likeness (QED) is 0.757. The summed E-state index contributed by atoms with van der Waals surface area (Å²) in [4.78, 5) is 4.14. The normalized spacial score (nSPS) is 9.93. The van der Waals surface area contributed by atoms with E-state index in [1.807, 2.05) is 36.4 Å². The van der Waals surface area contributed by atoms with Crippen molar-refractivity contribution in [2.75, 3.05) is 12.8 Å². The zero-order valence-electron chi connectivity index (χ0n) is 8.47. The highest BCUT2D eigenvalue weighted by Gasteiger charge is 1.99. The van der Waals surface area contributed by atoms with Crippen molar-refractivity contribution in [3.05, 3.63) is 42.6 Å². The van der Waals surface area contributed by atoms with Crippen molar-refractivity contribution in [1.82, 2.24) is 4.98 Å². The average molecular weight is 200 g/mol. The number of pyridine rings is 1. The van der Waals surface area contributed by atoms with E-state index in [1.54, 1.807) is 13.3 Å². The van der Waals surface area contributed by atoms with Crippen LogP contribution < -0.4 is 10.5 Å². The summed E-state index contributed by atoms with van der Waals surface area (Å²) in [5.74, 6) is 0.614. The zero-order valence-corrected chi connectivity index (χ0v) is 8.47. The molecule has 76 valence electrons. The number of ether oxygens (including phenoxy) is 1.